The fraction of sp³-hybridized carbons (Fsp3) is 0.364. The molecule has 2 aromatic rings. The number of hydrogen-bond acceptors (Lipinski definition) is 2. The number of nitrogens with zero attached hydrogens (tertiary/aromatic N) is 1. The van der Waals surface area contributed by atoms with Crippen molar-refractivity contribution in [2.24, 2.45) is 4.99 Å². The summed E-state index contributed by atoms with van der Waals surface area (Å²) in [6.07, 6.45) is 0. The number of carbonyl (C=O) groups is 1. The van der Waals surface area contributed by atoms with Crippen LogP contribution in [0.3, 0.4) is 0 Å². The number of nitrogens with one attached hydrogen (secondary N) is 3. The van der Waals surface area contributed by atoms with Crippen LogP contribution < -0.4 is 16.0 Å². The summed E-state index contributed by atoms with van der Waals surface area (Å²) in [6.45, 7) is 7.89. The molecule has 0 radical (unpaired) electrons. The number of hydrogen-bond donors (Lipinski definition) is 3. The lowest BCUT2D eigenvalue weighted by atomic mass is 9.84. The van der Waals surface area contributed by atoms with E-state index in [1.807, 2.05) is 31.2 Å². The van der Waals surface area contributed by atoms with Gasteiger partial charge in [-0.3, -0.25) is 4.79 Å². The summed E-state index contributed by atoms with van der Waals surface area (Å²) in [7, 11) is 1.61. The van der Waals surface area contributed by atoms with E-state index in [1.54, 1.807) is 25.2 Å². The van der Waals surface area contributed by atoms with Crippen LogP contribution in [0.4, 0.5) is 4.39 Å². The number of benzene rings is 2. The fourth-order valence-electron chi connectivity index (χ4n) is 2.78. The van der Waals surface area contributed by atoms with E-state index < -0.39 is 0 Å². The van der Waals surface area contributed by atoms with Gasteiger partial charge in [0.1, 0.15) is 5.82 Å². The summed E-state index contributed by atoms with van der Waals surface area (Å²) in [4.78, 5) is 16.4. The predicted molar refractivity (Wildman–Crippen MR) is 127 cm³/mol. The summed E-state index contributed by atoms with van der Waals surface area (Å²) < 4.78 is 13.6. The summed E-state index contributed by atoms with van der Waals surface area (Å²) in [5.41, 5.74) is 2.22. The van der Waals surface area contributed by atoms with Crippen molar-refractivity contribution in [3.63, 3.8) is 0 Å². The topological polar surface area (TPSA) is 65.5 Å². The molecule has 0 aromatic heterocycles. The highest BCUT2D eigenvalue weighted by atomic mass is 127. The first-order valence-corrected chi connectivity index (χ1v) is 9.45. The Kier molecular flexibility index (Phi) is 10.1. The van der Waals surface area contributed by atoms with Crippen LogP contribution in [0.5, 0.6) is 0 Å². The third-order valence-corrected chi connectivity index (χ3v) is 4.48. The molecule has 0 fully saturated rings. The lowest BCUT2D eigenvalue weighted by Crippen LogP contribution is -2.43. The Labute approximate surface area is 189 Å². The Morgan fingerprint density at radius 2 is 1.83 bits per heavy atom. The lowest BCUT2D eigenvalue weighted by Gasteiger charge is -2.27. The third kappa shape index (κ3) is 7.64. The van der Waals surface area contributed by atoms with Gasteiger partial charge in [0.25, 0.3) is 5.91 Å². The largest absolute Gasteiger partial charge is 0.357 e. The van der Waals surface area contributed by atoms with Crippen LogP contribution >= 0.6 is 24.0 Å². The van der Waals surface area contributed by atoms with E-state index >= 15 is 0 Å². The van der Waals surface area contributed by atoms with Gasteiger partial charge in [-0.15, -0.1) is 24.0 Å². The molecule has 0 atom stereocenters. The van der Waals surface area contributed by atoms with Gasteiger partial charge in [-0.25, -0.2) is 9.38 Å². The van der Waals surface area contributed by atoms with Crippen LogP contribution in [0.25, 0.3) is 0 Å². The average molecular weight is 512 g/mol. The zero-order valence-electron chi connectivity index (χ0n) is 17.4. The second-order valence-electron chi connectivity index (χ2n) is 7.22. The minimum atomic E-state index is -0.266. The highest BCUT2D eigenvalue weighted by Gasteiger charge is 2.21. The summed E-state index contributed by atoms with van der Waals surface area (Å²) in [6, 6.07) is 14.1. The molecule has 5 nitrogen and oxygen atoms in total. The summed E-state index contributed by atoms with van der Waals surface area (Å²) in [5, 5.41) is 9.18. The summed E-state index contributed by atoms with van der Waals surface area (Å²) in [5.74, 6) is 0.326. The van der Waals surface area contributed by atoms with E-state index in [2.05, 4.69) is 34.8 Å². The Hall–Kier alpha value is -2.16. The van der Waals surface area contributed by atoms with Crippen molar-refractivity contribution < 1.29 is 9.18 Å². The molecule has 1 amide bonds. The van der Waals surface area contributed by atoms with Crippen molar-refractivity contribution in [3.05, 3.63) is 71.0 Å². The first-order valence-electron chi connectivity index (χ1n) is 9.45. The molecule has 2 rings (SSSR count). The SMILES string of the molecule is CCNC(=NCc1cccc(C(=O)NC)c1)NCC(C)(C)c1cccc(F)c1.I. The highest BCUT2D eigenvalue weighted by Crippen LogP contribution is 2.22. The first kappa shape index (κ1) is 24.9. The van der Waals surface area contributed by atoms with Gasteiger partial charge < -0.3 is 16.0 Å². The van der Waals surface area contributed by atoms with Gasteiger partial charge in [-0.2, -0.15) is 0 Å². The molecular formula is C22H30FIN4O. The van der Waals surface area contributed by atoms with E-state index in [-0.39, 0.29) is 41.1 Å². The number of aliphatic imine (C=N–C) groups is 1. The van der Waals surface area contributed by atoms with Crippen molar-refractivity contribution in [1.82, 2.24) is 16.0 Å². The van der Waals surface area contributed by atoms with Gasteiger partial charge in [0, 0.05) is 31.1 Å². The molecule has 0 aliphatic heterocycles. The van der Waals surface area contributed by atoms with Gasteiger partial charge in [-0.1, -0.05) is 38.1 Å². The maximum atomic E-state index is 13.6. The maximum Gasteiger partial charge on any atom is 0.251 e. The van der Waals surface area contributed by atoms with Crippen molar-refractivity contribution in [2.75, 3.05) is 20.1 Å². The number of guanidine groups is 1. The molecule has 0 heterocycles. The smallest absolute Gasteiger partial charge is 0.251 e. The van der Waals surface area contributed by atoms with Crippen molar-refractivity contribution in [3.8, 4) is 0 Å². The van der Waals surface area contributed by atoms with Crippen LogP contribution in [0.15, 0.2) is 53.5 Å². The van der Waals surface area contributed by atoms with Crippen molar-refractivity contribution in [1.29, 1.82) is 0 Å². The van der Waals surface area contributed by atoms with Gasteiger partial charge in [0.05, 0.1) is 6.54 Å². The van der Waals surface area contributed by atoms with Crippen molar-refractivity contribution in [2.45, 2.75) is 32.7 Å². The first-order chi connectivity index (χ1) is 13.4. The Morgan fingerprint density at radius 3 is 2.48 bits per heavy atom. The zero-order chi connectivity index (χ0) is 20.6. The fourth-order valence-corrected chi connectivity index (χ4v) is 2.78. The van der Waals surface area contributed by atoms with Crippen LogP contribution in [-0.4, -0.2) is 32.0 Å². The van der Waals surface area contributed by atoms with E-state index in [0.29, 0.717) is 24.6 Å². The monoisotopic (exact) mass is 512 g/mol. The molecule has 0 saturated carbocycles. The second-order valence-corrected chi connectivity index (χ2v) is 7.22. The van der Waals surface area contributed by atoms with Gasteiger partial charge in [0.15, 0.2) is 5.96 Å². The zero-order valence-corrected chi connectivity index (χ0v) is 19.7. The van der Waals surface area contributed by atoms with Crippen LogP contribution in [-0.2, 0) is 12.0 Å². The van der Waals surface area contributed by atoms with E-state index in [4.69, 9.17) is 0 Å². The van der Waals surface area contributed by atoms with E-state index in [1.165, 1.54) is 6.07 Å². The molecule has 29 heavy (non-hydrogen) atoms. The molecule has 3 N–H and O–H groups in total. The minimum absolute atomic E-state index is 0. The quantitative estimate of drug-likeness (QED) is 0.300. The number of amides is 1. The van der Waals surface area contributed by atoms with Crippen LogP contribution in [0.1, 0.15) is 42.3 Å². The van der Waals surface area contributed by atoms with Crippen LogP contribution in [0, 0.1) is 5.82 Å². The minimum Gasteiger partial charge on any atom is -0.357 e. The average Bonchev–Trinajstić information content (AvgIpc) is 2.69. The lowest BCUT2D eigenvalue weighted by molar-refractivity contribution is 0.0963. The van der Waals surface area contributed by atoms with Gasteiger partial charge in [-0.05, 0) is 42.3 Å². The molecule has 0 spiro atoms. The van der Waals surface area contributed by atoms with Gasteiger partial charge in [0.2, 0.25) is 0 Å². The molecule has 0 saturated heterocycles. The number of halogens is 2. The van der Waals surface area contributed by atoms with E-state index in [0.717, 1.165) is 17.7 Å². The predicted octanol–water partition coefficient (Wildman–Crippen LogP) is 3.84. The van der Waals surface area contributed by atoms with Crippen LogP contribution in [0.2, 0.25) is 0 Å². The van der Waals surface area contributed by atoms with Gasteiger partial charge >= 0.3 is 0 Å². The number of rotatable bonds is 7. The molecular weight excluding hydrogens is 482 g/mol. The van der Waals surface area contributed by atoms with Crippen molar-refractivity contribution >= 4 is 35.8 Å². The molecule has 0 unspecified atom stereocenters. The Bertz CT molecular complexity index is 839. The molecule has 0 bridgehead atoms. The molecule has 2 aromatic carbocycles. The summed E-state index contributed by atoms with van der Waals surface area (Å²) >= 11 is 0. The second kappa shape index (κ2) is 11.7. The molecule has 7 heteroatoms. The van der Waals surface area contributed by atoms with E-state index in [9.17, 15) is 9.18 Å². The third-order valence-electron chi connectivity index (χ3n) is 4.48. The molecule has 0 aliphatic rings. The Balaban J connectivity index is 0.00000420. The molecule has 158 valence electrons. The maximum absolute atomic E-state index is 13.6. The standard InChI is InChI=1S/C22H29FN4O.HI/c1-5-25-21(26-14-16-8-6-9-17(12-16)20(28)24-4)27-15-22(2,3)18-10-7-11-19(23)13-18;/h6-13H,5,14-15H2,1-4H3,(H,24,28)(H2,25,26,27);1H. The Morgan fingerprint density at radius 1 is 1.10 bits per heavy atom. The molecule has 0 aliphatic carbocycles. The normalized spacial score (nSPS) is 11.4. The highest BCUT2D eigenvalue weighted by molar-refractivity contribution is 14.0. The number of carbonyl (C=O) groups excluding carboxylic acids is 1.